The van der Waals surface area contributed by atoms with E-state index in [1.165, 1.54) is 5.56 Å². The number of nitrogens with zero attached hydrogens (tertiary/aromatic N) is 1. The largest absolute Gasteiger partial charge is 0.376 e. The van der Waals surface area contributed by atoms with Crippen LogP contribution in [0.2, 0.25) is 0 Å². The Kier molecular flexibility index (Phi) is 5.56. The van der Waals surface area contributed by atoms with E-state index < -0.39 is 0 Å². The smallest absolute Gasteiger partial charge is 0.258 e. The fourth-order valence-electron chi connectivity index (χ4n) is 3.08. The molecule has 2 N–H and O–H groups in total. The first kappa shape index (κ1) is 18.0. The highest BCUT2D eigenvalue weighted by Crippen LogP contribution is 2.29. The van der Waals surface area contributed by atoms with Crippen molar-refractivity contribution in [1.82, 2.24) is 5.32 Å². The SMILES string of the molecule is CCC(C)NC(=O)CNc1cccc(C(=O)N2CCc3ccccc32)c1. The van der Waals surface area contributed by atoms with E-state index in [2.05, 4.69) is 16.7 Å². The van der Waals surface area contributed by atoms with Crippen LogP contribution >= 0.6 is 0 Å². The number of carbonyl (C=O) groups excluding carboxylic acids is 2. The van der Waals surface area contributed by atoms with Crippen LogP contribution in [0.4, 0.5) is 11.4 Å². The zero-order chi connectivity index (χ0) is 18.5. The summed E-state index contributed by atoms with van der Waals surface area (Å²) in [6, 6.07) is 15.5. The van der Waals surface area contributed by atoms with Crippen molar-refractivity contribution in [1.29, 1.82) is 0 Å². The molecule has 0 spiro atoms. The lowest BCUT2D eigenvalue weighted by Gasteiger charge is -2.18. The maximum atomic E-state index is 12.9. The number of amides is 2. The number of nitrogens with one attached hydrogen (secondary N) is 2. The third kappa shape index (κ3) is 4.04. The summed E-state index contributed by atoms with van der Waals surface area (Å²) in [6.45, 7) is 4.90. The van der Waals surface area contributed by atoms with E-state index in [1.807, 2.05) is 55.1 Å². The number of hydrogen-bond acceptors (Lipinski definition) is 3. The Balaban J connectivity index is 1.66. The fourth-order valence-corrected chi connectivity index (χ4v) is 3.08. The van der Waals surface area contributed by atoms with Gasteiger partial charge in [-0.05, 0) is 49.6 Å². The maximum Gasteiger partial charge on any atom is 0.258 e. The zero-order valence-electron chi connectivity index (χ0n) is 15.3. The Bertz CT molecular complexity index is 803. The Morgan fingerprint density at radius 1 is 1.15 bits per heavy atom. The highest BCUT2D eigenvalue weighted by Gasteiger charge is 2.25. The summed E-state index contributed by atoms with van der Waals surface area (Å²) in [5.41, 5.74) is 3.58. The van der Waals surface area contributed by atoms with Gasteiger partial charge in [0.15, 0.2) is 0 Å². The number of hydrogen-bond donors (Lipinski definition) is 2. The number of carbonyl (C=O) groups is 2. The summed E-state index contributed by atoms with van der Waals surface area (Å²) in [4.78, 5) is 26.6. The number of para-hydroxylation sites is 1. The molecule has 26 heavy (non-hydrogen) atoms. The van der Waals surface area contributed by atoms with Crippen LogP contribution in [-0.4, -0.2) is 30.9 Å². The van der Waals surface area contributed by atoms with Gasteiger partial charge in [-0.25, -0.2) is 0 Å². The van der Waals surface area contributed by atoms with Crippen LogP contribution in [0, 0.1) is 0 Å². The molecule has 2 aromatic carbocycles. The molecule has 5 nitrogen and oxygen atoms in total. The van der Waals surface area contributed by atoms with Gasteiger partial charge in [0.2, 0.25) is 5.91 Å². The fraction of sp³-hybridized carbons (Fsp3) is 0.333. The third-order valence-electron chi connectivity index (χ3n) is 4.71. The quantitative estimate of drug-likeness (QED) is 0.840. The minimum atomic E-state index is -0.0513. The first-order chi connectivity index (χ1) is 12.6. The zero-order valence-corrected chi connectivity index (χ0v) is 15.3. The van der Waals surface area contributed by atoms with E-state index in [0.717, 1.165) is 24.2 Å². The first-order valence-corrected chi connectivity index (χ1v) is 9.11. The van der Waals surface area contributed by atoms with Crippen LogP contribution in [-0.2, 0) is 11.2 Å². The predicted molar refractivity (Wildman–Crippen MR) is 105 cm³/mol. The van der Waals surface area contributed by atoms with Crippen LogP contribution < -0.4 is 15.5 Å². The molecule has 1 unspecified atom stereocenters. The van der Waals surface area contributed by atoms with Crippen molar-refractivity contribution >= 4 is 23.2 Å². The van der Waals surface area contributed by atoms with Gasteiger partial charge in [-0.3, -0.25) is 9.59 Å². The van der Waals surface area contributed by atoms with Crippen molar-refractivity contribution in [2.75, 3.05) is 23.3 Å². The number of fused-ring (bicyclic) bond motifs is 1. The third-order valence-corrected chi connectivity index (χ3v) is 4.71. The number of benzene rings is 2. The van der Waals surface area contributed by atoms with E-state index in [0.29, 0.717) is 12.1 Å². The molecular formula is C21H25N3O2. The second kappa shape index (κ2) is 8.04. The standard InChI is InChI=1S/C21H25N3O2/c1-3-15(2)23-20(25)14-22-18-9-6-8-17(13-18)21(26)24-12-11-16-7-4-5-10-19(16)24/h4-10,13,15,22H,3,11-12,14H2,1-2H3,(H,23,25). The highest BCUT2D eigenvalue weighted by atomic mass is 16.2. The van der Waals surface area contributed by atoms with Crippen molar-refractivity contribution in [3.05, 3.63) is 59.7 Å². The van der Waals surface area contributed by atoms with Crippen molar-refractivity contribution in [2.45, 2.75) is 32.7 Å². The molecule has 1 aliphatic rings. The Hall–Kier alpha value is -2.82. The molecule has 0 radical (unpaired) electrons. The molecule has 0 saturated heterocycles. The van der Waals surface area contributed by atoms with Gasteiger partial charge in [0, 0.05) is 29.5 Å². The molecule has 0 fully saturated rings. The van der Waals surface area contributed by atoms with Gasteiger partial charge >= 0.3 is 0 Å². The van der Waals surface area contributed by atoms with E-state index in [9.17, 15) is 9.59 Å². The van der Waals surface area contributed by atoms with Gasteiger partial charge < -0.3 is 15.5 Å². The van der Waals surface area contributed by atoms with E-state index in [1.54, 1.807) is 6.07 Å². The number of anilines is 2. The molecule has 1 heterocycles. The molecule has 0 saturated carbocycles. The van der Waals surface area contributed by atoms with Crippen LogP contribution in [0.3, 0.4) is 0 Å². The van der Waals surface area contributed by atoms with Gasteiger partial charge in [0.05, 0.1) is 6.54 Å². The molecule has 0 aromatic heterocycles. The van der Waals surface area contributed by atoms with Gasteiger partial charge in [0.1, 0.15) is 0 Å². The lowest BCUT2D eigenvalue weighted by molar-refractivity contribution is -0.120. The Morgan fingerprint density at radius 3 is 2.77 bits per heavy atom. The lowest BCUT2D eigenvalue weighted by Crippen LogP contribution is -2.36. The van der Waals surface area contributed by atoms with E-state index in [4.69, 9.17) is 0 Å². The van der Waals surface area contributed by atoms with Crippen LogP contribution in [0.5, 0.6) is 0 Å². The summed E-state index contributed by atoms with van der Waals surface area (Å²) in [7, 11) is 0. The predicted octanol–water partition coefficient (Wildman–Crippen LogP) is 3.22. The van der Waals surface area contributed by atoms with Gasteiger partial charge in [0.25, 0.3) is 5.91 Å². The summed E-state index contributed by atoms with van der Waals surface area (Å²) < 4.78 is 0. The van der Waals surface area contributed by atoms with Crippen LogP contribution in [0.25, 0.3) is 0 Å². The maximum absolute atomic E-state index is 12.9. The van der Waals surface area contributed by atoms with Crippen LogP contribution in [0.1, 0.15) is 36.2 Å². The minimum Gasteiger partial charge on any atom is -0.376 e. The van der Waals surface area contributed by atoms with Gasteiger partial charge in [-0.2, -0.15) is 0 Å². The van der Waals surface area contributed by atoms with Crippen molar-refractivity contribution in [2.24, 2.45) is 0 Å². The summed E-state index contributed by atoms with van der Waals surface area (Å²) in [6.07, 6.45) is 1.78. The molecule has 3 rings (SSSR count). The van der Waals surface area contributed by atoms with Crippen LogP contribution in [0.15, 0.2) is 48.5 Å². The lowest BCUT2D eigenvalue weighted by atomic mass is 10.1. The molecule has 0 aliphatic carbocycles. The Morgan fingerprint density at radius 2 is 1.96 bits per heavy atom. The molecule has 0 bridgehead atoms. The van der Waals surface area contributed by atoms with Gasteiger partial charge in [-0.15, -0.1) is 0 Å². The average molecular weight is 351 g/mol. The normalized spacial score (nSPS) is 13.8. The molecule has 2 amide bonds. The summed E-state index contributed by atoms with van der Waals surface area (Å²) in [5, 5.41) is 6.01. The molecular weight excluding hydrogens is 326 g/mol. The second-order valence-corrected chi connectivity index (χ2v) is 6.65. The topological polar surface area (TPSA) is 61.4 Å². The molecule has 136 valence electrons. The molecule has 1 atom stereocenters. The highest BCUT2D eigenvalue weighted by molar-refractivity contribution is 6.07. The Labute approximate surface area is 154 Å². The van der Waals surface area contributed by atoms with E-state index >= 15 is 0 Å². The molecule has 2 aromatic rings. The monoisotopic (exact) mass is 351 g/mol. The van der Waals surface area contributed by atoms with Crippen molar-refractivity contribution in [3.63, 3.8) is 0 Å². The summed E-state index contributed by atoms with van der Waals surface area (Å²) >= 11 is 0. The van der Waals surface area contributed by atoms with Gasteiger partial charge in [-0.1, -0.05) is 31.2 Å². The van der Waals surface area contributed by atoms with Crippen molar-refractivity contribution < 1.29 is 9.59 Å². The second-order valence-electron chi connectivity index (χ2n) is 6.65. The van der Waals surface area contributed by atoms with E-state index in [-0.39, 0.29) is 24.4 Å². The molecule has 5 heteroatoms. The number of rotatable bonds is 6. The summed E-state index contributed by atoms with van der Waals surface area (Å²) in [5.74, 6) is -0.0628. The van der Waals surface area contributed by atoms with Crippen molar-refractivity contribution in [3.8, 4) is 0 Å². The molecule has 1 aliphatic heterocycles. The first-order valence-electron chi connectivity index (χ1n) is 9.11. The average Bonchev–Trinajstić information content (AvgIpc) is 3.10. The minimum absolute atomic E-state index is 0.0114.